The van der Waals surface area contributed by atoms with Gasteiger partial charge in [-0.1, -0.05) is 19.3 Å². The lowest BCUT2D eigenvalue weighted by Gasteiger charge is -2.27. The summed E-state index contributed by atoms with van der Waals surface area (Å²) in [5.74, 6) is -0.152. The number of ether oxygens (including phenoxy) is 1. The topological polar surface area (TPSA) is 73.2 Å². The zero-order valence-electron chi connectivity index (χ0n) is 16.7. The fourth-order valence-corrected chi connectivity index (χ4v) is 5.79. The predicted octanol–water partition coefficient (Wildman–Crippen LogP) is 4.37. The summed E-state index contributed by atoms with van der Waals surface area (Å²) in [7, 11) is 1.44. The van der Waals surface area contributed by atoms with Gasteiger partial charge in [0.15, 0.2) is 0 Å². The van der Waals surface area contributed by atoms with Crippen molar-refractivity contribution in [1.29, 1.82) is 0 Å². The molecule has 152 valence electrons. The van der Waals surface area contributed by atoms with Crippen molar-refractivity contribution in [2.45, 2.75) is 76.8 Å². The lowest BCUT2D eigenvalue weighted by Crippen LogP contribution is -2.38. The summed E-state index contributed by atoms with van der Waals surface area (Å²) in [5, 5.41) is 9.05. The van der Waals surface area contributed by atoms with Gasteiger partial charge in [-0.05, 0) is 51.5 Å². The van der Waals surface area contributed by atoms with E-state index in [-0.39, 0.29) is 23.8 Å². The molecule has 2 saturated carbocycles. The molecule has 0 aromatic carbocycles. The van der Waals surface area contributed by atoms with Crippen LogP contribution in [0.15, 0.2) is 6.07 Å². The molecule has 0 saturated heterocycles. The van der Waals surface area contributed by atoms with Crippen LogP contribution in [0.2, 0.25) is 0 Å². The van der Waals surface area contributed by atoms with E-state index in [1.807, 2.05) is 13.0 Å². The Balaban J connectivity index is 1.44. The number of carbonyl (C=O) groups excluding carboxylic acids is 2. The minimum atomic E-state index is -0.128. The van der Waals surface area contributed by atoms with Gasteiger partial charge in [0, 0.05) is 11.4 Å². The maximum Gasteiger partial charge on any atom is 0.308 e. The van der Waals surface area contributed by atoms with Crippen molar-refractivity contribution < 1.29 is 14.3 Å². The van der Waals surface area contributed by atoms with Crippen molar-refractivity contribution in [1.82, 2.24) is 15.1 Å². The van der Waals surface area contributed by atoms with Crippen LogP contribution < -0.4 is 5.32 Å². The Hall–Kier alpha value is -1.89. The van der Waals surface area contributed by atoms with Gasteiger partial charge >= 0.3 is 5.97 Å². The molecular formula is C21H29N3O3S. The standard InChI is InChI=1S/C21H29N3O3S/c1-13-17-12-18(28-20(17)24(23-13)16-6-4-3-5-7-16)19(25)22-15-10-8-14(9-11-15)21(26)27-2/h12,14-16H,3-11H2,1-2H3,(H,22,25)/t14-,15-. The van der Waals surface area contributed by atoms with E-state index in [9.17, 15) is 9.59 Å². The highest BCUT2D eigenvalue weighted by Gasteiger charge is 2.28. The number of esters is 1. The van der Waals surface area contributed by atoms with E-state index in [0.29, 0.717) is 6.04 Å². The van der Waals surface area contributed by atoms with Gasteiger partial charge in [-0.25, -0.2) is 0 Å². The van der Waals surface area contributed by atoms with Crippen molar-refractivity contribution in [2.24, 2.45) is 5.92 Å². The van der Waals surface area contributed by atoms with Gasteiger partial charge in [0.2, 0.25) is 0 Å². The zero-order chi connectivity index (χ0) is 19.7. The van der Waals surface area contributed by atoms with Crippen LogP contribution in [0.1, 0.15) is 79.2 Å². The van der Waals surface area contributed by atoms with E-state index in [1.54, 1.807) is 11.3 Å². The van der Waals surface area contributed by atoms with Crippen LogP contribution in [-0.4, -0.2) is 34.8 Å². The van der Waals surface area contributed by atoms with Gasteiger partial charge in [0.1, 0.15) is 4.83 Å². The number of amides is 1. The Kier molecular flexibility index (Phi) is 5.71. The van der Waals surface area contributed by atoms with Crippen LogP contribution in [0.3, 0.4) is 0 Å². The third-order valence-corrected chi connectivity index (χ3v) is 7.43. The summed E-state index contributed by atoms with van der Waals surface area (Å²) in [6, 6.07) is 2.60. The van der Waals surface area contributed by atoms with Crippen molar-refractivity contribution in [3.05, 3.63) is 16.6 Å². The number of hydrogen-bond donors (Lipinski definition) is 1. The summed E-state index contributed by atoms with van der Waals surface area (Å²) in [5.41, 5.74) is 1.01. The van der Waals surface area contributed by atoms with Crippen LogP contribution >= 0.6 is 11.3 Å². The molecule has 0 unspecified atom stereocenters. The number of aryl methyl sites for hydroxylation is 1. The lowest BCUT2D eigenvalue weighted by atomic mass is 9.86. The number of carbonyl (C=O) groups is 2. The first-order valence-electron chi connectivity index (χ1n) is 10.4. The number of rotatable bonds is 4. The second kappa shape index (κ2) is 8.23. The molecule has 6 nitrogen and oxygen atoms in total. The third kappa shape index (κ3) is 3.81. The molecule has 0 atom stereocenters. The minimum absolute atomic E-state index is 0.00249. The highest BCUT2D eigenvalue weighted by Crippen LogP contribution is 2.35. The minimum Gasteiger partial charge on any atom is -0.469 e. The quantitative estimate of drug-likeness (QED) is 0.769. The average molecular weight is 404 g/mol. The zero-order valence-corrected chi connectivity index (χ0v) is 17.5. The summed E-state index contributed by atoms with van der Waals surface area (Å²) in [6.45, 7) is 2.03. The summed E-state index contributed by atoms with van der Waals surface area (Å²) < 4.78 is 7.01. The Morgan fingerprint density at radius 3 is 2.54 bits per heavy atom. The van der Waals surface area contributed by atoms with Gasteiger partial charge in [-0.2, -0.15) is 5.10 Å². The highest BCUT2D eigenvalue weighted by molar-refractivity contribution is 7.20. The van der Waals surface area contributed by atoms with Gasteiger partial charge in [-0.15, -0.1) is 11.3 Å². The number of fused-ring (bicyclic) bond motifs is 1. The largest absolute Gasteiger partial charge is 0.469 e. The van der Waals surface area contributed by atoms with Crippen molar-refractivity contribution >= 4 is 33.4 Å². The summed E-state index contributed by atoms with van der Waals surface area (Å²) in [6.07, 6.45) is 9.40. The van der Waals surface area contributed by atoms with Gasteiger partial charge in [0.05, 0.1) is 29.6 Å². The van der Waals surface area contributed by atoms with E-state index in [0.717, 1.165) is 46.5 Å². The normalized spacial score (nSPS) is 23.6. The summed E-state index contributed by atoms with van der Waals surface area (Å²) >= 11 is 1.56. The van der Waals surface area contributed by atoms with Gasteiger partial charge in [-0.3, -0.25) is 14.3 Å². The molecule has 0 bridgehead atoms. The molecule has 1 amide bonds. The van der Waals surface area contributed by atoms with Crippen LogP contribution in [-0.2, 0) is 9.53 Å². The molecule has 2 aromatic heterocycles. The molecule has 2 fully saturated rings. The first kappa shape index (κ1) is 19.4. The molecule has 2 aliphatic rings. The number of hydrogen-bond acceptors (Lipinski definition) is 5. The van der Waals surface area contributed by atoms with Crippen molar-refractivity contribution in [3.8, 4) is 0 Å². The fourth-order valence-electron chi connectivity index (χ4n) is 4.65. The maximum absolute atomic E-state index is 12.8. The third-order valence-electron chi connectivity index (χ3n) is 6.31. The molecule has 2 aromatic rings. The number of thiophene rings is 1. The van der Waals surface area contributed by atoms with Crippen LogP contribution in [0.5, 0.6) is 0 Å². The molecular weight excluding hydrogens is 374 g/mol. The molecule has 1 N–H and O–H groups in total. The highest BCUT2D eigenvalue weighted by atomic mass is 32.1. The maximum atomic E-state index is 12.8. The van der Waals surface area contributed by atoms with Crippen LogP contribution in [0.4, 0.5) is 0 Å². The SMILES string of the molecule is COC(=O)[C@H]1CC[C@H](NC(=O)c2cc3c(C)nn(C4CCCCC4)c3s2)CC1. The smallest absolute Gasteiger partial charge is 0.308 e. The van der Waals surface area contributed by atoms with Crippen molar-refractivity contribution in [2.75, 3.05) is 7.11 Å². The number of nitrogens with one attached hydrogen (secondary N) is 1. The molecule has 0 radical (unpaired) electrons. The Labute approximate surface area is 169 Å². The van der Waals surface area contributed by atoms with Crippen LogP contribution in [0, 0.1) is 12.8 Å². The van der Waals surface area contributed by atoms with Crippen LogP contribution in [0.25, 0.3) is 10.2 Å². The van der Waals surface area contributed by atoms with Gasteiger partial charge < -0.3 is 10.1 Å². The monoisotopic (exact) mass is 403 g/mol. The second-order valence-electron chi connectivity index (χ2n) is 8.20. The van der Waals surface area contributed by atoms with Crippen molar-refractivity contribution in [3.63, 3.8) is 0 Å². The summed E-state index contributed by atoms with van der Waals surface area (Å²) in [4.78, 5) is 26.4. The fraction of sp³-hybridized carbons (Fsp3) is 0.667. The van der Waals surface area contributed by atoms with E-state index < -0.39 is 0 Å². The molecule has 0 aliphatic heterocycles. The average Bonchev–Trinajstić information content (AvgIpc) is 3.29. The Bertz CT molecular complexity index is 858. The lowest BCUT2D eigenvalue weighted by molar-refractivity contribution is -0.146. The molecule has 0 spiro atoms. The molecule has 7 heteroatoms. The van der Waals surface area contributed by atoms with E-state index in [2.05, 4.69) is 10.00 Å². The van der Waals surface area contributed by atoms with E-state index in [4.69, 9.17) is 9.84 Å². The molecule has 28 heavy (non-hydrogen) atoms. The second-order valence-corrected chi connectivity index (χ2v) is 9.23. The Morgan fingerprint density at radius 1 is 1.14 bits per heavy atom. The van der Waals surface area contributed by atoms with Gasteiger partial charge in [0.25, 0.3) is 5.91 Å². The molecule has 4 rings (SSSR count). The van der Waals surface area contributed by atoms with E-state index in [1.165, 1.54) is 39.2 Å². The number of aromatic nitrogens is 2. The number of methoxy groups -OCH3 is 1. The molecule has 2 aliphatic carbocycles. The Morgan fingerprint density at radius 2 is 1.86 bits per heavy atom. The molecule has 2 heterocycles. The van der Waals surface area contributed by atoms with E-state index >= 15 is 0 Å². The number of nitrogens with zero attached hydrogens (tertiary/aromatic N) is 2. The first-order chi connectivity index (χ1) is 13.6. The first-order valence-corrected chi connectivity index (χ1v) is 11.3. The predicted molar refractivity (Wildman–Crippen MR) is 110 cm³/mol.